The fraction of sp³-hybridized carbons (Fsp3) is 0.111. The smallest absolute Gasteiger partial charge is 0.136 e. The number of aryl methyl sites for hydroxylation is 1. The van der Waals surface area contributed by atoms with Crippen LogP contribution in [0.1, 0.15) is 17.0 Å². The van der Waals surface area contributed by atoms with Crippen molar-refractivity contribution < 1.29 is 4.39 Å². The molecule has 3 aromatic rings. The number of benzene rings is 1. The predicted octanol–water partition coefficient (Wildman–Crippen LogP) is 4.38. The molecule has 4 heteroatoms. The molecule has 0 radical (unpaired) electrons. The maximum absolute atomic E-state index is 13.2. The van der Waals surface area contributed by atoms with E-state index in [0.717, 1.165) is 22.8 Å². The summed E-state index contributed by atoms with van der Waals surface area (Å²) in [5.74, 6) is 0.594. The molecule has 0 unspecified atom stereocenters. The summed E-state index contributed by atoms with van der Waals surface area (Å²) >= 11 is 0. The Hall–Kier alpha value is -2.75. The van der Waals surface area contributed by atoms with E-state index in [1.165, 1.54) is 12.1 Å². The van der Waals surface area contributed by atoms with E-state index in [0.29, 0.717) is 5.69 Å². The van der Waals surface area contributed by atoms with Crippen LogP contribution in [0.2, 0.25) is 0 Å². The molecule has 110 valence electrons. The Kier molecular flexibility index (Phi) is 3.83. The van der Waals surface area contributed by atoms with Crippen molar-refractivity contribution in [1.29, 1.82) is 0 Å². The highest BCUT2D eigenvalue weighted by molar-refractivity contribution is 5.84. The van der Waals surface area contributed by atoms with Crippen molar-refractivity contribution in [2.75, 3.05) is 0 Å². The van der Waals surface area contributed by atoms with Gasteiger partial charge >= 0.3 is 0 Å². The average molecular weight is 293 g/mol. The van der Waals surface area contributed by atoms with Gasteiger partial charge in [-0.25, -0.2) is 9.37 Å². The first kappa shape index (κ1) is 14.2. The highest BCUT2D eigenvalue weighted by atomic mass is 19.1. The van der Waals surface area contributed by atoms with Gasteiger partial charge in [-0.15, -0.1) is 0 Å². The Bertz CT molecular complexity index is 820. The van der Waals surface area contributed by atoms with Crippen LogP contribution in [0.5, 0.6) is 0 Å². The van der Waals surface area contributed by atoms with E-state index in [-0.39, 0.29) is 5.82 Å². The molecule has 2 aromatic heterocycles. The van der Waals surface area contributed by atoms with Crippen LogP contribution in [-0.2, 0) is 0 Å². The van der Waals surface area contributed by atoms with Crippen LogP contribution in [0, 0.1) is 19.7 Å². The third-order valence-electron chi connectivity index (χ3n) is 3.51. The third kappa shape index (κ3) is 2.81. The molecule has 0 aliphatic rings. The molecule has 0 saturated heterocycles. The molecule has 0 atom stereocenters. The van der Waals surface area contributed by atoms with Crippen molar-refractivity contribution in [3.8, 4) is 5.82 Å². The Morgan fingerprint density at radius 2 is 1.95 bits per heavy atom. The van der Waals surface area contributed by atoms with E-state index in [1.54, 1.807) is 24.5 Å². The molecule has 22 heavy (non-hydrogen) atoms. The van der Waals surface area contributed by atoms with Crippen LogP contribution in [0.4, 0.5) is 10.1 Å². The minimum atomic E-state index is -0.284. The molecule has 0 saturated carbocycles. The molecule has 3 nitrogen and oxygen atoms in total. The lowest BCUT2D eigenvalue weighted by Gasteiger charge is -2.07. The molecule has 0 aliphatic carbocycles. The maximum Gasteiger partial charge on any atom is 0.136 e. The highest BCUT2D eigenvalue weighted by Crippen LogP contribution is 2.19. The van der Waals surface area contributed by atoms with Crippen molar-refractivity contribution in [3.63, 3.8) is 0 Å². The first-order valence-electron chi connectivity index (χ1n) is 7.05. The minimum absolute atomic E-state index is 0.284. The fourth-order valence-electron chi connectivity index (χ4n) is 2.46. The van der Waals surface area contributed by atoms with Crippen molar-refractivity contribution in [1.82, 2.24) is 9.55 Å². The van der Waals surface area contributed by atoms with Crippen molar-refractivity contribution in [3.05, 3.63) is 77.5 Å². The summed E-state index contributed by atoms with van der Waals surface area (Å²) in [7, 11) is 0. The molecule has 3 rings (SSSR count). The molecule has 0 amide bonds. The molecule has 0 N–H and O–H groups in total. The van der Waals surface area contributed by atoms with Crippen LogP contribution in [0.25, 0.3) is 5.82 Å². The number of rotatable bonds is 3. The van der Waals surface area contributed by atoms with Gasteiger partial charge in [0, 0.05) is 29.4 Å². The Labute approximate surface area is 128 Å². The molecular formula is C18H16FN3. The van der Waals surface area contributed by atoms with Crippen LogP contribution in [0.15, 0.2) is 59.7 Å². The number of hydrogen-bond acceptors (Lipinski definition) is 2. The van der Waals surface area contributed by atoms with Gasteiger partial charge in [-0.1, -0.05) is 12.1 Å². The normalized spacial score (nSPS) is 11.2. The summed E-state index contributed by atoms with van der Waals surface area (Å²) < 4.78 is 15.3. The van der Waals surface area contributed by atoms with Gasteiger partial charge in [-0.3, -0.25) is 4.99 Å². The summed E-state index contributed by atoms with van der Waals surface area (Å²) in [6.45, 7) is 4.05. The quantitative estimate of drug-likeness (QED) is 0.659. The van der Waals surface area contributed by atoms with E-state index in [2.05, 4.69) is 14.5 Å². The van der Waals surface area contributed by atoms with Gasteiger partial charge in [-0.2, -0.15) is 0 Å². The largest absolute Gasteiger partial charge is 0.303 e. The SMILES string of the molecule is Cc1cc(C=Nc2cccc(F)c2)c(C)n1-c1ccccn1. The third-order valence-corrected chi connectivity index (χ3v) is 3.51. The van der Waals surface area contributed by atoms with Gasteiger partial charge < -0.3 is 4.57 Å². The highest BCUT2D eigenvalue weighted by Gasteiger charge is 2.09. The lowest BCUT2D eigenvalue weighted by atomic mass is 10.2. The second kappa shape index (κ2) is 5.93. The number of aliphatic imine (C=N–C) groups is 1. The number of aromatic nitrogens is 2. The number of nitrogens with zero attached hydrogens (tertiary/aromatic N) is 3. The topological polar surface area (TPSA) is 30.2 Å². The molecule has 0 spiro atoms. The van der Waals surface area contributed by atoms with E-state index >= 15 is 0 Å². The van der Waals surface area contributed by atoms with E-state index in [4.69, 9.17) is 0 Å². The zero-order valence-corrected chi connectivity index (χ0v) is 12.5. The van der Waals surface area contributed by atoms with E-state index in [1.807, 2.05) is 38.1 Å². The molecule has 0 bridgehead atoms. The zero-order valence-electron chi connectivity index (χ0n) is 12.5. The average Bonchev–Trinajstić information content (AvgIpc) is 2.80. The number of halogens is 1. The Morgan fingerprint density at radius 1 is 1.09 bits per heavy atom. The maximum atomic E-state index is 13.2. The van der Waals surface area contributed by atoms with Crippen LogP contribution < -0.4 is 0 Å². The van der Waals surface area contributed by atoms with E-state index in [9.17, 15) is 4.39 Å². The van der Waals surface area contributed by atoms with Crippen molar-refractivity contribution in [2.24, 2.45) is 4.99 Å². The molecule has 1 aromatic carbocycles. The molecular weight excluding hydrogens is 277 g/mol. The van der Waals surface area contributed by atoms with Crippen LogP contribution in [-0.4, -0.2) is 15.8 Å². The lowest BCUT2D eigenvalue weighted by Crippen LogP contribution is -2.01. The van der Waals surface area contributed by atoms with E-state index < -0.39 is 0 Å². The number of pyridine rings is 1. The first-order valence-corrected chi connectivity index (χ1v) is 7.05. The van der Waals surface area contributed by atoms with Crippen LogP contribution in [0.3, 0.4) is 0 Å². The molecule has 0 fully saturated rings. The van der Waals surface area contributed by atoms with Gasteiger partial charge in [0.2, 0.25) is 0 Å². The van der Waals surface area contributed by atoms with Crippen LogP contribution >= 0.6 is 0 Å². The predicted molar refractivity (Wildman–Crippen MR) is 86.7 cm³/mol. The monoisotopic (exact) mass is 293 g/mol. The van der Waals surface area contributed by atoms with Crippen molar-refractivity contribution >= 4 is 11.9 Å². The van der Waals surface area contributed by atoms with Gasteiger partial charge in [-0.05, 0) is 50.2 Å². The lowest BCUT2D eigenvalue weighted by molar-refractivity contribution is 0.628. The zero-order chi connectivity index (χ0) is 15.5. The summed E-state index contributed by atoms with van der Waals surface area (Å²) in [6.07, 6.45) is 3.53. The van der Waals surface area contributed by atoms with Gasteiger partial charge in [0.05, 0.1) is 5.69 Å². The first-order chi connectivity index (χ1) is 10.6. The second-order valence-electron chi connectivity index (χ2n) is 5.09. The van der Waals surface area contributed by atoms with Crippen molar-refractivity contribution in [2.45, 2.75) is 13.8 Å². The van der Waals surface area contributed by atoms with Gasteiger partial charge in [0.15, 0.2) is 0 Å². The minimum Gasteiger partial charge on any atom is -0.303 e. The molecule has 2 heterocycles. The van der Waals surface area contributed by atoms with Gasteiger partial charge in [0.1, 0.15) is 11.6 Å². The Balaban J connectivity index is 1.96. The fourth-order valence-corrected chi connectivity index (χ4v) is 2.46. The molecule has 0 aliphatic heterocycles. The summed E-state index contributed by atoms with van der Waals surface area (Å²) in [5, 5.41) is 0. The Morgan fingerprint density at radius 3 is 2.68 bits per heavy atom. The second-order valence-corrected chi connectivity index (χ2v) is 5.09. The summed E-state index contributed by atoms with van der Waals surface area (Å²) in [4.78, 5) is 8.73. The van der Waals surface area contributed by atoms with Gasteiger partial charge in [0.25, 0.3) is 0 Å². The number of hydrogen-bond donors (Lipinski definition) is 0. The summed E-state index contributed by atoms with van der Waals surface area (Å²) in [5.41, 5.74) is 3.73. The summed E-state index contributed by atoms with van der Waals surface area (Å²) in [6, 6.07) is 14.1. The standard InChI is InChI=1S/C18H16FN3/c1-13-10-15(12-21-17-7-5-6-16(19)11-17)14(2)22(13)18-8-3-4-9-20-18/h3-12H,1-2H3.